The molecule has 1 rings (SSSR count). The lowest BCUT2D eigenvalue weighted by atomic mass is 10.0. The number of likely N-dealkylation sites (tertiary alicyclic amines) is 1. The van der Waals surface area contributed by atoms with Crippen LogP contribution in [0.25, 0.3) is 0 Å². The van der Waals surface area contributed by atoms with E-state index < -0.39 is 0 Å². The number of hydrogen-bond donors (Lipinski definition) is 2. The fraction of sp³-hybridized carbons (Fsp3) is 0.909. The van der Waals surface area contributed by atoms with Crippen molar-refractivity contribution in [2.24, 2.45) is 11.7 Å². The van der Waals surface area contributed by atoms with Crippen LogP contribution in [0.3, 0.4) is 0 Å². The van der Waals surface area contributed by atoms with E-state index in [0.717, 1.165) is 25.8 Å². The van der Waals surface area contributed by atoms with Crippen LogP contribution >= 0.6 is 0 Å². The molecule has 4 heteroatoms. The topological polar surface area (TPSA) is 66.6 Å². The molecule has 0 saturated carbocycles. The van der Waals surface area contributed by atoms with Crippen LogP contribution in [0.15, 0.2) is 0 Å². The molecule has 1 fully saturated rings. The van der Waals surface area contributed by atoms with E-state index in [1.54, 1.807) is 11.8 Å². The van der Waals surface area contributed by atoms with Gasteiger partial charge in [-0.15, -0.1) is 0 Å². The molecule has 3 N–H and O–H groups in total. The van der Waals surface area contributed by atoms with Crippen molar-refractivity contribution in [3.63, 3.8) is 0 Å². The van der Waals surface area contributed by atoms with Crippen LogP contribution in [0, 0.1) is 5.92 Å². The van der Waals surface area contributed by atoms with E-state index in [-0.39, 0.29) is 24.0 Å². The molecule has 0 aromatic rings. The maximum Gasteiger partial charge on any atom is 0.239 e. The van der Waals surface area contributed by atoms with E-state index in [9.17, 15) is 9.90 Å². The minimum atomic E-state index is -0.359. The molecule has 4 nitrogen and oxygen atoms in total. The Hall–Kier alpha value is -0.610. The van der Waals surface area contributed by atoms with Crippen molar-refractivity contribution in [3.8, 4) is 0 Å². The molecule has 1 heterocycles. The van der Waals surface area contributed by atoms with Crippen molar-refractivity contribution in [1.82, 2.24) is 4.90 Å². The summed E-state index contributed by atoms with van der Waals surface area (Å²) in [6.07, 6.45) is 2.24. The Morgan fingerprint density at radius 2 is 2.33 bits per heavy atom. The third-order valence-corrected chi connectivity index (χ3v) is 3.14. The van der Waals surface area contributed by atoms with Gasteiger partial charge in [0.25, 0.3) is 0 Å². The molecular weight excluding hydrogens is 192 g/mol. The van der Waals surface area contributed by atoms with Gasteiger partial charge in [-0.05, 0) is 19.8 Å². The Balaban J connectivity index is 2.42. The number of amides is 1. The van der Waals surface area contributed by atoms with Crippen LogP contribution in [0.4, 0.5) is 0 Å². The molecule has 0 aromatic carbocycles. The van der Waals surface area contributed by atoms with E-state index in [1.165, 1.54) is 0 Å². The number of aliphatic hydroxyl groups excluding tert-OH is 1. The number of carbonyl (C=O) groups excluding carboxylic acids is 1. The monoisotopic (exact) mass is 214 g/mol. The molecule has 0 radical (unpaired) electrons. The molecule has 0 aliphatic carbocycles. The van der Waals surface area contributed by atoms with Crippen molar-refractivity contribution in [2.45, 2.75) is 45.3 Å². The number of nitrogens with two attached hydrogens (primary N) is 1. The molecule has 0 bridgehead atoms. The molecule has 15 heavy (non-hydrogen) atoms. The normalized spacial score (nSPS) is 25.3. The van der Waals surface area contributed by atoms with Crippen molar-refractivity contribution in [1.29, 1.82) is 0 Å². The van der Waals surface area contributed by atoms with Crippen LogP contribution < -0.4 is 5.73 Å². The van der Waals surface area contributed by atoms with Crippen molar-refractivity contribution in [3.05, 3.63) is 0 Å². The summed E-state index contributed by atoms with van der Waals surface area (Å²) in [6, 6.07) is -0.359. The predicted octanol–water partition coefficient (Wildman–Crippen LogP) is 0.343. The lowest BCUT2D eigenvalue weighted by molar-refractivity contribution is -0.131. The van der Waals surface area contributed by atoms with Gasteiger partial charge >= 0.3 is 0 Å². The first-order valence-corrected chi connectivity index (χ1v) is 5.78. The first-order valence-electron chi connectivity index (χ1n) is 5.78. The van der Waals surface area contributed by atoms with Crippen molar-refractivity contribution >= 4 is 5.91 Å². The number of hydrogen-bond acceptors (Lipinski definition) is 3. The first-order chi connectivity index (χ1) is 7.06. The molecule has 1 aliphatic heterocycles. The summed E-state index contributed by atoms with van der Waals surface area (Å²) in [7, 11) is 0. The molecule has 1 saturated heterocycles. The molecule has 88 valence electrons. The maximum atomic E-state index is 11.8. The van der Waals surface area contributed by atoms with Gasteiger partial charge in [-0.25, -0.2) is 0 Å². The van der Waals surface area contributed by atoms with Crippen LogP contribution in [-0.4, -0.2) is 41.1 Å². The number of aliphatic hydroxyl groups is 1. The zero-order chi connectivity index (χ0) is 11.4. The third-order valence-electron chi connectivity index (χ3n) is 3.14. The smallest absolute Gasteiger partial charge is 0.239 e. The number of carbonyl (C=O) groups is 1. The van der Waals surface area contributed by atoms with E-state index in [4.69, 9.17) is 5.73 Å². The van der Waals surface area contributed by atoms with E-state index in [1.807, 2.05) is 6.92 Å². The van der Waals surface area contributed by atoms with E-state index in [2.05, 4.69) is 0 Å². The average molecular weight is 214 g/mol. The Morgan fingerprint density at radius 3 is 2.80 bits per heavy atom. The highest BCUT2D eigenvalue weighted by Crippen LogP contribution is 2.20. The Morgan fingerprint density at radius 1 is 1.67 bits per heavy atom. The second kappa shape index (κ2) is 5.47. The fourth-order valence-electron chi connectivity index (χ4n) is 2.05. The van der Waals surface area contributed by atoms with Gasteiger partial charge in [-0.1, -0.05) is 13.3 Å². The van der Waals surface area contributed by atoms with Crippen molar-refractivity contribution in [2.75, 3.05) is 13.1 Å². The molecule has 0 spiro atoms. The minimum Gasteiger partial charge on any atom is -0.393 e. The second-order valence-corrected chi connectivity index (χ2v) is 4.47. The Labute approximate surface area is 91.4 Å². The summed E-state index contributed by atoms with van der Waals surface area (Å²) in [5, 5.41) is 9.42. The van der Waals surface area contributed by atoms with Gasteiger partial charge in [0.05, 0.1) is 12.1 Å². The summed E-state index contributed by atoms with van der Waals surface area (Å²) in [4.78, 5) is 13.6. The zero-order valence-corrected chi connectivity index (χ0v) is 9.65. The highest BCUT2D eigenvalue weighted by atomic mass is 16.3. The highest BCUT2D eigenvalue weighted by Gasteiger charge is 2.30. The van der Waals surface area contributed by atoms with Gasteiger partial charge < -0.3 is 15.7 Å². The lowest BCUT2D eigenvalue weighted by Crippen LogP contribution is -2.42. The molecule has 0 aromatic heterocycles. The predicted molar refractivity (Wildman–Crippen MR) is 59.3 cm³/mol. The second-order valence-electron chi connectivity index (χ2n) is 4.47. The van der Waals surface area contributed by atoms with E-state index >= 15 is 0 Å². The summed E-state index contributed by atoms with van der Waals surface area (Å²) in [5.41, 5.74) is 5.78. The Kier molecular flexibility index (Phi) is 4.54. The number of nitrogens with zero attached hydrogens (tertiary/aromatic N) is 1. The highest BCUT2D eigenvalue weighted by molar-refractivity contribution is 5.81. The van der Waals surface area contributed by atoms with Gasteiger partial charge in [0, 0.05) is 19.0 Å². The van der Waals surface area contributed by atoms with Gasteiger partial charge in [0.1, 0.15) is 0 Å². The quantitative estimate of drug-likeness (QED) is 0.709. The minimum absolute atomic E-state index is 0.0417. The fourth-order valence-corrected chi connectivity index (χ4v) is 2.05. The van der Waals surface area contributed by atoms with E-state index in [0.29, 0.717) is 6.54 Å². The average Bonchev–Trinajstić information content (AvgIpc) is 2.65. The number of rotatable bonds is 4. The van der Waals surface area contributed by atoms with Crippen LogP contribution in [-0.2, 0) is 4.79 Å². The summed E-state index contributed by atoms with van der Waals surface area (Å²) >= 11 is 0. The van der Waals surface area contributed by atoms with Gasteiger partial charge in [-0.2, -0.15) is 0 Å². The first kappa shape index (κ1) is 12.5. The molecule has 3 atom stereocenters. The maximum absolute atomic E-state index is 11.8. The van der Waals surface area contributed by atoms with Gasteiger partial charge in [-0.3, -0.25) is 4.79 Å². The molecular formula is C11H22N2O2. The third kappa shape index (κ3) is 3.18. The standard InChI is InChI=1S/C11H22N2O2/c1-3-4-10(12)11(15)13-6-5-9(7-13)8(2)14/h8-10,14H,3-7,12H2,1-2H3/t8?,9?,10-/m0/s1. The molecule has 1 aliphatic rings. The summed E-state index contributed by atoms with van der Waals surface area (Å²) < 4.78 is 0. The molecule has 1 amide bonds. The zero-order valence-electron chi connectivity index (χ0n) is 9.65. The van der Waals surface area contributed by atoms with Gasteiger partial charge in [0.15, 0.2) is 0 Å². The van der Waals surface area contributed by atoms with Gasteiger partial charge in [0.2, 0.25) is 5.91 Å². The lowest BCUT2D eigenvalue weighted by Gasteiger charge is -2.21. The van der Waals surface area contributed by atoms with Crippen molar-refractivity contribution < 1.29 is 9.90 Å². The largest absolute Gasteiger partial charge is 0.393 e. The summed E-state index contributed by atoms with van der Waals surface area (Å²) in [5.74, 6) is 0.266. The summed E-state index contributed by atoms with van der Waals surface area (Å²) in [6.45, 7) is 5.21. The Bertz CT molecular complexity index is 219. The van der Waals surface area contributed by atoms with Crippen LogP contribution in [0.1, 0.15) is 33.1 Å². The van der Waals surface area contributed by atoms with Crippen LogP contribution in [0.2, 0.25) is 0 Å². The van der Waals surface area contributed by atoms with Crippen LogP contribution in [0.5, 0.6) is 0 Å². The SMILES string of the molecule is CCC[C@H](N)C(=O)N1CCC(C(C)O)C1. The molecule has 2 unspecified atom stereocenters.